The smallest absolute Gasteiger partial charge is 0.314 e. The molecule has 2 heterocycles. The third kappa shape index (κ3) is 4.17. The standard InChI is InChI=1S/C15H20N4O2S/c1-4-12-8-13(19(3)18-12)17-15(21)14(20)16-10(2)7-11-5-6-22-9-11/h5-6,8-10H,4,7H2,1-3H3,(H,16,20)(H,17,21). The Morgan fingerprint density at radius 2 is 2.18 bits per heavy atom. The van der Waals surface area contributed by atoms with Crippen molar-refractivity contribution in [3.05, 3.63) is 34.2 Å². The van der Waals surface area contributed by atoms with Gasteiger partial charge in [-0.05, 0) is 42.2 Å². The van der Waals surface area contributed by atoms with E-state index in [0.29, 0.717) is 12.2 Å². The lowest BCUT2D eigenvalue weighted by Gasteiger charge is -2.12. The fourth-order valence-corrected chi connectivity index (χ4v) is 2.77. The third-order valence-corrected chi connectivity index (χ3v) is 3.97. The van der Waals surface area contributed by atoms with E-state index in [4.69, 9.17) is 0 Å². The van der Waals surface area contributed by atoms with Crippen LogP contribution in [-0.2, 0) is 29.5 Å². The maximum atomic E-state index is 11.9. The lowest BCUT2D eigenvalue weighted by Crippen LogP contribution is -2.41. The summed E-state index contributed by atoms with van der Waals surface area (Å²) >= 11 is 1.61. The molecule has 2 amide bonds. The van der Waals surface area contributed by atoms with Gasteiger partial charge in [0.1, 0.15) is 5.82 Å². The lowest BCUT2D eigenvalue weighted by molar-refractivity contribution is -0.136. The van der Waals surface area contributed by atoms with E-state index in [1.54, 1.807) is 29.1 Å². The normalized spacial score (nSPS) is 12.0. The highest BCUT2D eigenvalue weighted by atomic mass is 32.1. The molecule has 0 aliphatic carbocycles. The van der Waals surface area contributed by atoms with Crippen LogP contribution < -0.4 is 10.6 Å². The van der Waals surface area contributed by atoms with Gasteiger partial charge in [0.15, 0.2) is 0 Å². The molecule has 6 nitrogen and oxygen atoms in total. The van der Waals surface area contributed by atoms with Crippen molar-refractivity contribution in [3.8, 4) is 0 Å². The molecule has 0 bridgehead atoms. The first kappa shape index (κ1) is 16.2. The van der Waals surface area contributed by atoms with Crippen molar-refractivity contribution in [1.82, 2.24) is 15.1 Å². The van der Waals surface area contributed by atoms with E-state index >= 15 is 0 Å². The van der Waals surface area contributed by atoms with Gasteiger partial charge in [-0.25, -0.2) is 0 Å². The molecule has 118 valence electrons. The van der Waals surface area contributed by atoms with E-state index < -0.39 is 11.8 Å². The second-order valence-electron chi connectivity index (χ2n) is 5.16. The second kappa shape index (κ2) is 7.22. The molecule has 1 atom stereocenters. The zero-order chi connectivity index (χ0) is 16.1. The molecule has 0 fully saturated rings. The molecular weight excluding hydrogens is 300 g/mol. The molecule has 2 rings (SSSR count). The zero-order valence-electron chi connectivity index (χ0n) is 12.9. The summed E-state index contributed by atoms with van der Waals surface area (Å²) in [7, 11) is 1.73. The topological polar surface area (TPSA) is 76.0 Å². The summed E-state index contributed by atoms with van der Waals surface area (Å²) in [5, 5.41) is 13.5. The maximum absolute atomic E-state index is 11.9. The van der Waals surface area contributed by atoms with Gasteiger partial charge in [0.2, 0.25) is 0 Å². The van der Waals surface area contributed by atoms with Crippen LogP contribution in [0.25, 0.3) is 0 Å². The fourth-order valence-electron chi connectivity index (χ4n) is 2.09. The second-order valence-corrected chi connectivity index (χ2v) is 5.94. The number of nitrogens with one attached hydrogen (secondary N) is 2. The van der Waals surface area contributed by atoms with Crippen molar-refractivity contribution in [3.63, 3.8) is 0 Å². The first-order chi connectivity index (χ1) is 10.5. The van der Waals surface area contributed by atoms with Crippen LogP contribution in [0.3, 0.4) is 0 Å². The highest BCUT2D eigenvalue weighted by Gasteiger charge is 2.18. The minimum atomic E-state index is -0.678. The van der Waals surface area contributed by atoms with Crippen molar-refractivity contribution in [2.45, 2.75) is 32.7 Å². The van der Waals surface area contributed by atoms with Crippen LogP contribution in [0.15, 0.2) is 22.9 Å². The fraction of sp³-hybridized carbons (Fsp3) is 0.400. The summed E-state index contributed by atoms with van der Waals surface area (Å²) in [6, 6.07) is 3.67. The molecule has 7 heteroatoms. The van der Waals surface area contributed by atoms with Crippen LogP contribution in [0, 0.1) is 0 Å². The molecule has 22 heavy (non-hydrogen) atoms. The van der Waals surface area contributed by atoms with Gasteiger partial charge in [-0.15, -0.1) is 0 Å². The largest absolute Gasteiger partial charge is 0.345 e. The van der Waals surface area contributed by atoms with Gasteiger partial charge in [0.05, 0.1) is 5.69 Å². The molecular formula is C15H20N4O2S. The van der Waals surface area contributed by atoms with Crippen molar-refractivity contribution in [2.75, 3.05) is 5.32 Å². The molecule has 0 spiro atoms. The number of anilines is 1. The molecule has 0 aliphatic heterocycles. The van der Waals surface area contributed by atoms with Gasteiger partial charge in [0, 0.05) is 19.2 Å². The molecule has 0 radical (unpaired) electrons. The van der Waals surface area contributed by atoms with Gasteiger partial charge < -0.3 is 10.6 Å². The summed E-state index contributed by atoms with van der Waals surface area (Å²) in [4.78, 5) is 23.9. The van der Waals surface area contributed by atoms with Gasteiger partial charge in [-0.3, -0.25) is 14.3 Å². The Morgan fingerprint density at radius 1 is 1.41 bits per heavy atom. The Bertz CT molecular complexity index is 649. The van der Waals surface area contributed by atoms with Crippen LogP contribution in [0.5, 0.6) is 0 Å². The SMILES string of the molecule is CCc1cc(NC(=O)C(=O)NC(C)Cc2ccsc2)n(C)n1. The molecule has 0 saturated heterocycles. The molecule has 2 aromatic heterocycles. The predicted octanol–water partition coefficient (Wildman–Crippen LogP) is 1.73. The van der Waals surface area contributed by atoms with Gasteiger partial charge in [-0.1, -0.05) is 6.92 Å². The first-order valence-electron chi connectivity index (χ1n) is 7.15. The number of thiophene rings is 1. The molecule has 2 N–H and O–H groups in total. The van der Waals surface area contributed by atoms with Crippen LogP contribution in [-0.4, -0.2) is 27.6 Å². The van der Waals surface area contributed by atoms with E-state index in [-0.39, 0.29) is 6.04 Å². The number of carbonyl (C=O) groups is 2. The average Bonchev–Trinajstić information content (AvgIpc) is 3.09. The molecule has 0 saturated carbocycles. The van der Waals surface area contributed by atoms with Crippen molar-refractivity contribution in [1.29, 1.82) is 0 Å². The number of hydrogen-bond donors (Lipinski definition) is 2. The number of rotatable bonds is 5. The minimum Gasteiger partial charge on any atom is -0.345 e. The lowest BCUT2D eigenvalue weighted by atomic mass is 10.1. The Kier molecular flexibility index (Phi) is 5.32. The van der Waals surface area contributed by atoms with Crippen molar-refractivity contribution < 1.29 is 9.59 Å². The monoisotopic (exact) mass is 320 g/mol. The maximum Gasteiger partial charge on any atom is 0.314 e. The van der Waals surface area contributed by atoms with Gasteiger partial charge in [-0.2, -0.15) is 16.4 Å². The summed E-state index contributed by atoms with van der Waals surface area (Å²) in [5.41, 5.74) is 2.02. The number of aryl methyl sites for hydroxylation is 2. The Hall–Kier alpha value is -2.15. The summed E-state index contributed by atoms with van der Waals surface area (Å²) < 4.78 is 1.55. The molecule has 2 aromatic rings. The van der Waals surface area contributed by atoms with Crippen LogP contribution >= 0.6 is 11.3 Å². The van der Waals surface area contributed by atoms with E-state index in [2.05, 4.69) is 15.7 Å². The van der Waals surface area contributed by atoms with Crippen LogP contribution in [0.1, 0.15) is 25.1 Å². The summed E-state index contributed by atoms with van der Waals surface area (Å²) in [6.07, 6.45) is 1.47. The highest BCUT2D eigenvalue weighted by molar-refractivity contribution is 7.07. The summed E-state index contributed by atoms with van der Waals surface area (Å²) in [6.45, 7) is 3.86. The molecule has 0 aliphatic rings. The van der Waals surface area contributed by atoms with Gasteiger partial charge >= 0.3 is 11.8 Å². The summed E-state index contributed by atoms with van der Waals surface area (Å²) in [5.74, 6) is -0.799. The highest BCUT2D eigenvalue weighted by Crippen LogP contribution is 2.10. The Morgan fingerprint density at radius 3 is 2.77 bits per heavy atom. The minimum absolute atomic E-state index is 0.106. The average molecular weight is 320 g/mol. The predicted molar refractivity (Wildman–Crippen MR) is 86.8 cm³/mol. The van der Waals surface area contributed by atoms with E-state index in [1.165, 1.54) is 0 Å². The number of hydrogen-bond acceptors (Lipinski definition) is 4. The van der Waals surface area contributed by atoms with E-state index in [9.17, 15) is 9.59 Å². The van der Waals surface area contributed by atoms with Crippen molar-refractivity contribution >= 4 is 29.0 Å². The number of nitrogens with zero attached hydrogens (tertiary/aromatic N) is 2. The Labute approximate surface area is 133 Å². The first-order valence-corrected chi connectivity index (χ1v) is 8.09. The third-order valence-electron chi connectivity index (χ3n) is 3.24. The number of amides is 2. The van der Waals surface area contributed by atoms with Crippen LogP contribution in [0.2, 0.25) is 0 Å². The Balaban J connectivity index is 1.88. The number of aromatic nitrogens is 2. The quantitative estimate of drug-likeness (QED) is 0.824. The van der Waals surface area contributed by atoms with Crippen molar-refractivity contribution in [2.24, 2.45) is 7.05 Å². The molecule has 1 unspecified atom stereocenters. The van der Waals surface area contributed by atoms with Crippen LogP contribution in [0.4, 0.5) is 5.82 Å². The van der Waals surface area contributed by atoms with E-state index in [1.807, 2.05) is 30.7 Å². The zero-order valence-corrected chi connectivity index (χ0v) is 13.7. The molecule has 0 aromatic carbocycles. The van der Waals surface area contributed by atoms with Gasteiger partial charge in [0.25, 0.3) is 0 Å². The number of carbonyl (C=O) groups excluding carboxylic acids is 2. The van der Waals surface area contributed by atoms with E-state index in [0.717, 1.165) is 17.7 Å².